The fraction of sp³-hybridized carbons (Fsp3) is 0.455. The first-order valence-electron chi connectivity index (χ1n) is 4.85. The van der Waals surface area contributed by atoms with Crippen LogP contribution in [-0.4, -0.2) is 6.04 Å². The summed E-state index contributed by atoms with van der Waals surface area (Å²) in [5, 5.41) is 3.53. The Morgan fingerprint density at radius 2 is 2.21 bits per heavy atom. The van der Waals surface area contributed by atoms with E-state index < -0.39 is 0 Å². The van der Waals surface area contributed by atoms with Crippen molar-refractivity contribution in [3.8, 4) is 0 Å². The zero-order valence-corrected chi connectivity index (χ0v) is 9.24. The van der Waals surface area contributed by atoms with Gasteiger partial charge in [-0.3, -0.25) is 0 Å². The van der Waals surface area contributed by atoms with E-state index in [0.29, 0.717) is 10.7 Å². The molecule has 0 amide bonds. The van der Waals surface area contributed by atoms with Crippen LogP contribution in [-0.2, 0) is 0 Å². The molecule has 0 bridgehead atoms. The van der Waals surface area contributed by atoms with E-state index in [-0.39, 0.29) is 11.9 Å². The summed E-state index contributed by atoms with van der Waals surface area (Å²) in [5.74, 6) is -0.291. The highest BCUT2D eigenvalue weighted by atomic mass is 35.5. The lowest BCUT2D eigenvalue weighted by Gasteiger charge is -2.14. The predicted molar refractivity (Wildman–Crippen MR) is 59.4 cm³/mol. The van der Waals surface area contributed by atoms with Gasteiger partial charge in [0.05, 0.1) is 5.69 Å². The van der Waals surface area contributed by atoms with Crippen LogP contribution >= 0.6 is 11.6 Å². The van der Waals surface area contributed by atoms with E-state index in [9.17, 15) is 4.39 Å². The average molecular weight is 216 g/mol. The van der Waals surface area contributed by atoms with Gasteiger partial charge >= 0.3 is 0 Å². The molecular weight excluding hydrogens is 201 g/mol. The normalized spacial score (nSPS) is 12.6. The van der Waals surface area contributed by atoms with E-state index in [1.54, 1.807) is 12.1 Å². The van der Waals surface area contributed by atoms with Crippen LogP contribution in [0.15, 0.2) is 18.2 Å². The Morgan fingerprint density at radius 3 is 2.79 bits per heavy atom. The quantitative estimate of drug-likeness (QED) is 0.798. The molecular formula is C11H15ClFN. The molecule has 0 saturated carbocycles. The maximum atomic E-state index is 13.3. The second-order valence-corrected chi connectivity index (χ2v) is 3.89. The van der Waals surface area contributed by atoms with Crippen molar-refractivity contribution in [1.29, 1.82) is 0 Å². The lowest BCUT2D eigenvalue weighted by atomic mass is 10.2. The smallest absolute Gasteiger partial charge is 0.147 e. The minimum absolute atomic E-state index is 0.288. The van der Waals surface area contributed by atoms with Crippen LogP contribution in [0.2, 0.25) is 5.02 Å². The van der Waals surface area contributed by atoms with Gasteiger partial charge in [0.15, 0.2) is 0 Å². The van der Waals surface area contributed by atoms with E-state index in [2.05, 4.69) is 12.2 Å². The first kappa shape index (κ1) is 11.3. The summed E-state index contributed by atoms with van der Waals surface area (Å²) in [4.78, 5) is 0. The summed E-state index contributed by atoms with van der Waals surface area (Å²) in [5.41, 5.74) is 0.523. The second kappa shape index (κ2) is 5.20. The molecule has 1 aromatic rings. The third kappa shape index (κ3) is 3.18. The Balaban J connectivity index is 2.67. The first-order chi connectivity index (χ1) is 6.63. The van der Waals surface area contributed by atoms with Crippen LogP contribution < -0.4 is 5.32 Å². The van der Waals surface area contributed by atoms with Crippen molar-refractivity contribution in [2.45, 2.75) is 32.7 Å². The van der Waals surface area contributed by atoms with Gasteiger partial charge in [-0.05, 0) is 31.5 Å². The number of nitrogens with one attached hydrogen (secondary N) is 1. The monoisotopic (exact) mass is 215 g/mol. The van der Waals surface area contributed by atoms with Crippen molar-refractivity contribution in [2.24, 2.45) is 0 Å². The molecule has 0 aromatic heterocycles. The average Bonchev–Trinajstić information content (AvgIpc) is 2.10. The van der Waals surface area contributed by atoms with Gasteiger partial charge < -0.3 is 5.32 Å². The highest BCUT2D eigenvalue weighted by Crippen LogP contribution is 2.20. The van der Waals surface area contributed by atoms with E-state index in [0.717, 1.165) is 12.8 Å². The van der Waals surface area contributed by atoms with E-state index in [1.807, 2.05) is 6.92 Å². The van der Waals surface area contributed by atoms with Crippen molar-refractivity contribution >= 4 is 17.3 Å². The molecule has 1 rings (SSSR count). The Hall–Kier alpha value is -0.760. The fourth-order valence-electron chi connectivity index (χ4n) is 1.38. The van der Waals surface area contributed by atoms with Crippen molar-refractivity contribution in [3.05, 3.63) is 29.0 Å². The molecule has 1 N–H and O–H groups in total. The molecule has 14 heavy (non-hydrogen) atoms. The molecule has 1 unspecified atom stereocenters. The zero-order chi connectivity index (χ0) is 10.6. The zero-order valence-electron chi connectivity index (χ0n) is 8.48. The Kier molecular flexibility index (Phi) is 4.21. The molecule has 0 aliphatic heterocycles. The Labute approximate surface area is 89.3 Å². The van der Waals surface area contributed by atoms with Crippen LogP contribution in [0.4, 0.5) is 10.1 Å². The van der Waals surface area contributed by atoms with Crippen molar-refractivity contribution < 1.29 is 4.39 Å². The van der Waals surface area contributed by atoms with Gasteiger partial charge in [0.2, 0.25) is 0 Å². The molecule has 1 aromatic carbocycles. The SMILES string of the molecule is CCCC(C)Nc1ccc(Cl)cc1F. The van der Waals surface area contributed by atoms with Gasteiger partial charge in [0, 0.05) is 11.1 Å². The molecule has 0 radical (unpaired) electrons. The minimum atomic E-state index is -0.291. The molecule has 0 spiro atoms. The molecule has 0 heterocycles. The summed E-state index contributed by atoms with van der Waals surface area (Å²) in [6, 6.07) is 4.97. The Morgan fingerprint density at radius 1 is 1.50 bits per heavy atom. The number of benzene rings is 1. The van der Waals surface area contributed by atoms with Gasteiger partial charge in [-0.1, -0.05) is 24.9 Å². The summed E-state index contributed by atoms with van der Waals surface area (Å²) in [6.07, 6.45) is 2.12. The predicted octanol–water partition coefficient (Wildman–Crippen LogP) is 4.08. The number of halogens is 2. The molecule has 78 valence electrons. The lowest BCUT2D eigenvalue weighted by Crippen LogP contribution is -2.15. The van der Waals surface area contributed by atoms with Crippen LogP contribution in [0, 0.1) is 5.82 Å². The molecule has 0 aliphatic carbocycles. The molecule has 1 nitrogen and oxygen atoms in total. The third-order valence-electron chi connectivity index (χ3n) is 2.05. The maximum absolute atomic E-state index is 13.3. The van der Waals surface area contributed by atoms with Crippen LogP contribution in [0.5, 0.6) is 0 Å². The molecule has 0 aliphatic rings. The number of anilines is 1. The van der Waals surface area contributed by atoms with E-state index in [1.165, 1.54) is 6.07 Å². The van der Waals surface area contributed by atoms with Crippen molar-refractivity contribution in [1.82, 2.24) is 0 Å². The highest BCUT2D eigenvalue weighted by Gasteiger charge is 2.05. The summed E-state index contributed by atoms with van der Waals surface area (Å²) in [6.45, 7) is 4.15. The van der Waals surface area contributed by atoms with Crippen LogP contribution in [0.1, 0.15) is 26.7 Å². The highest BCUT2D eigenvalue weighted by molar-refractivity contribution is 6.30. The first-order valence-corrected chi connectivity index (χ1v) is 5.23. The topological polar surface area (TPSA) is 12.0 Å². The van der Waals surface area contributed by atoms with Gasteiger partial charge in [-0.15, -0.1) is 0 Å². The van der Waals surface area contributed by atoms with Crippen molar-refractivity contribution in [3.63, 3.8) is 0 Å². The third-order valence-corrected chi connectivity index (χ3v) is 2.29. The van der Waals surface area contributed by atoms with E-state index in [4.69, 9.17) is 11.6 Å². The van der Waals surface area contributed by atoms with Crippen LogP contribution in [0.3, 0.4) is 0 Å². The van der Waals surface area contributed by atoms with E-state index >= 15 is 0 Å². The second-order valence-electron chi connectivity index (χ2n) is 3.46. The minimum Gasteiger partial charge on any atom is -0.380 e. The fourth-order valence-corrected chi connectivity index (χ4v) is 1.54. The van der Waals surface area contributed by atoms with Crippen LogP contribution in [0.25, 0.3) is 0 Å². The van der Waals surface area contributed by atoms with Gasteiger partial charge in [-0.2, -0.15) is 0 Å². The molecule has 0 saturated heterocycles. The number of hydrogen-bond donors (Lipinski definition) is 1. The van der Waals surface area contributed by atoms with Gasteiger partial charge in [-0.25, -0.2) is 4.39 Å². The summed E-state index contributed by atoms with van der Waals surface area (Å²) in [7, 11) is 0. The summed E-state index contributed by atoms with van der Waals surface area (Å²) >= 11 is 5.65. The van der Waals surface area contributed by atoms with Gasteiger partial charge in [0.1, 0.15) is 5.82 Å². The molecule has 1 atom stereocenters. The molecule has 3 heteroatoms. The standard InChI is InChI=1S/C11H15ClFN/c1-3-4-8(2)14-11-6-5-9(12)7-10(11)13/h5-8,14H,3-4H2,1-2H3. The Bertz CT molecular complexity index is 301. The van der Waals surface area contributed by atoms with Crippen molar-refractivity contribution in [2.75, 3.05) is 5.32 Å². The lowest BCUT2D eigenvalue weighted by molar-refractivity contribution is 0.620. The summed E-state index contributed by atoms with van der Waals surface area (Å²) < 4.78 is 13.3. The van der Waals surface area contributed by atoms with Gasteiger partial charge in [0.25, 0.3) is 0 Å². The largest absolute Gasteiger partial charge is 0.380 e. The maximum Gasteiger partial charge on any atom is 0.147 e. The number of rotatable bonds is 4. The number of hydrogen-bond acceptors (Lipinski definition) is 1. The molecule has 0 fully saturated rings.